The average Bonchev–Trinajstić information content (AvgIpc) is 3.09. The summed E-state index contributed by atoms with van der Waals surface area (Å²) in [5, 5.41) is 3.26. The lowest BCUT2D eigenvalue weighted by Crippen LogP contribution is -2.57. The number of para-hydroxylation sites is 1. The normalized spacial score (nSPS) is 24.2. The number of fused-ring (bicyclic) bond motifs is 4. The zero-order chi connectivity index (χ0) is 18.1. The molecule has 1 atom stereocenters. The van der Waals surface area contributed by atoms with Crippen LogP contribution in [0, 0.1) is 5.92 Å². The van der Waals surface area contributed by atoms with Crippen molar-refractivity contribution in [3.05, 3.63) is 29.7 Å². The number of benzene rings is 1. The Kier molecular flexibility index (Phi) is 6.40. The fraction of sp³-hybridized carbons (Fsp3) is 0.600. The summed E-state index contributed by atoms with van der Waals surface area (Å²) in [7, 11) is 0. The van der Waals surface area contributed by atoms with Crippen LogP contribution in [0.4, 0.5) is 0 Å². The molecule has 7 heteroatoms. The molecule has 3 aliphatic heterocycles. The Labute approximate surface area is 166 Å². The lowest BCUT2D eigenvalue weighted by molar-refractivity contribution is 0.0621. The summed E-state index contributed by atoms with van der Waals surface area (Å²) in [6.45, 7) is 10.1. The minimum absolute atomic E-state index is 0. The number of halogens is 1. The zero-order valence-electron chi connectivity index (χ0n) is 16.1. The number of nitrogens with zero attached hydrogens (tertiary/aromatic N) is 3. The lowest BCUT2D eigenvalue weighted by Gasteiger charge is -2.44. The van der Waals surface area contributed by atoms with Crippen molar-refractivity contribution in [3.8, 4) is 0 Å². The van der Waals surface area contributed by atoms with Crippen molar-refractivity contribution >= 4 is 29.4 Å². The fourth-order valence-electron chi connectivity index (χ4n) is 4.26. The van der Waals surface area contributed by atoms with Gasteiger partial charge < -0.3 is 14.6 Å². The quantitative estimate of drug-likeness (QED) is 0.819. The second-order valence-corrected chi connectivity index (χ2v) is 7.44. The van der Waals surface area contributed by atoms with Gasteiger partial charge >= 0.3 is 0 Å². The van der Waals surface area contributed by atoms with Gasteiger partial charge in [-0.3, -0.25) is 9.69 Å². The van der Waals surface area contributed by atoms with Crippen LogP contribution in [0.25, 0.3) is 11.1 Å². The highest BCUT2D eigenvalue weighted by Crippen LogP contribution is 2.28. The molecule has 0 radical (unpaired) electrons. The number of oxazole rings is 1. The first kappa shape index (κ1) is 20.1. The maximum Gasteiger partial charge on any atom is 0.253 e. The maximum atomic E-state index is 12.9. The summed E-state index contributed by atoms with van der Waals surface area (Å²) < 4.78 is 5.89. The van der Waals surface area contributed by atoms with E-state index in [1.54, 1.807) is 0 Å². The molecule has 1 aromatic heterocycles. The van der Waals surface area contributed by atoms with Gasteiger partial charge in [-0.25, -0.2) is 4.98 Å². The molecule has 2 aromatic rings. The van der Waals surface area contributed by atoms with Gasteiger partial charge in [0.1, 0.15) is 5.52 Å². The first-order valence-electron chi connectivity index (χ1n) is 9.82. The standard InChI is InChI=1S/C20H28N4O2.ClH/c1-3-23(4-2)13-18-22-19-15(6-5-7-17(19)26-18)20(25)21-16-12-24-10-8-14(16)9-11-24;/h5-7,14,16H,3-4,8-13H2,1-2H3,(H,21,25);1H. The van der Waals surface area contributed by atoms with Gasteiger partial charge in [-0.05, 0) is 57.1 Å². The van der Waals surface area contributed by atoms with E-state index in [-0.39, 0.29) is 24.4 Å². The Morgan fingerprint density at radius 2 is 2.04 bits per heavy atom. The number of carbonyl (C=O) groups is 1. The largest absolute Gasteiger partial charge is 0.439 e. The second kappa shape index (κ2) is 8.59. The highest BCUT2D eigenvalue weighted by Gasteiger charge is 2.35. The number of hydrogen-bond donors (Lipinski definition) is 1. The fourth-order valence-corrected chi connectivity index (χ4v) is 4.26. The third-order valence-electron chi connectivity index (χ3n) is 5.93. The summed E-state index contributed by atoms with van der Waals surface area (Å²) in [5.41, 5.74) is 1.98. The van der Waals surface area contributed by atoms with Crippen molar-refractivity contribution in [2.24, 2.45) is 5.92 Å². The number of rotatable bonds is 6. The van der Waals surface area contributed by atoms with E-state index in [2.05, 4.69) is 33.9 Å². The number of amides is 1. The molecular formula is C20H29ClN4O2. The first-order chi connectivity index (χ1) is 12.7. The Morgan fingerprint density at radius 1 is 1.30 bits per heavy atom. The van der Waals surface area contributed by atoms with Crippen molar-refractivity contribution < 1.29 is 9.21 Å². The van der Waals surface area contributed by atoms with Gasteiger partial charge in [0, 0.05) is 12.6 Å². The Balaban J connectivity index is 0.00000210. The third kappa shape index (κ3) is 4.13. The van der Waals surface area contributed by atoms with E-state index in [9.17, 15) is 4.79 Å². The van der Waals surface area contributed by atoms with Crippen molar-refractivity contribution in [2.75, 3.05) is 32.7 Å². The number of carbonyl (C=O) groups excluding carboxylic acids is 1. The minimum atomic E-state index is -0.0305. The first-order valence-corrected chi connectivity index (χ1v) is 9.82. The number of hydrogen-bond acceptors (Lipinski definition) is 5. The van der Waals surface area contributed by atoms with Gasteiger partial charge in [0.15, 0.2) is 5.58 Å². The van der Waals surface area contributed by atoms with E-state index in [4.69, 9.17) is 4.42 Å². The van der Waals surface area contributed by atoms with Gasteiger partial charge in [-0.15, -0.1) is 12.4 Å². The molecule has 3 fully saturated rings. The Morgan fingerprint density at radius 3 is 2.67 bits per heavy atom. The molecule has 1 N–H and O–H groups in total. The molecule has 1 unspecified atom stereocenters. The summed E-state index contributed by atoms with van der Waals surface area (Å²) >= 11 is 0. The van der Waals surface area contributed by atoms with E-state index in [1.807, 2.05) is 18.2 Å². The molecule has 0 aliphatic carbocycles. The van der Waals surface area contributed by atoms with E-state index < -0.39 is 0 Å². The van der Waals surface area contributed by atoms with Crippen LogP contribution in [-0.4, -0.2) is 59.5 Å². The minimum Gasteiger partial charge on any atom is -0.439 e. The molecule has 27 heavy (non-hydrogen) atoms. The molecule has 3 aliphatic rings. The molecule has 5 rings (SSSR count). The van der Waals surface area contributed by atoms with Gasteiger partial charge in [-0.1, -0.05) is 19.9 Å². The van der Waals surface area contributed by atoms with Crippen LogP contribution >= 0.6 is 12.4 Å². The van der Waals surface area contributed by atoms with E-state index in [0.717, 1.165) is 19.6 Å². The number of aromatic nitrogens is 1. The summed E-state index contributed by atoms with van der Waals surface area (Å²) in [6.07, 6.45) is 2.38. The van der Waals surface area contributed by atoms with Crippen LogP contribution in [-0.2, 0) is 6.54 Å². The topological polar surface area (TPSA) is 61.6 Å². The smallest absolute Gasteiger partial charge is 0.253 e. The summed E-state index contributed by atoms with van der Waals surface area (Å²) in [5.74, 6) is 1.25. The number of piperidine rings is 3. The monoisotopic (exact) mass is 392 g/mol. The number of nitrogens with one attached hydrogen (secondary N) is 1. The van der Waals surface area contributed by atoms with E-state index in [1.165, 1.54) is 25.9 Å². The van der Waals surface area contributed by atoms with Gasteiger partial charge in [0.2, 0.25) is 5.89 Å². The van der Waals surface area contributed by atoms with Crippen molar-refractivity contribution in [2.45, 2.75) is 39.3 Å². The molecular weight excluding hydrogens is 364 g/mol. The van der Waals surface area contributed by atoms with Gasteiger partial charge in [0.25, 0.3) is 5.91 Å². The highest BCUT2D eigenvalue weighted by atomic mass is 35.5. The molecule has 6 nitrogen and oxygen atoms in total. The maximum absolute atomic E-state index is 12.9. The molecule has 1 amide bonds. The van der Waals surface area contributed by atoms with E-state index >= 15 is 0 Å². The average molecular weight is 393 g/mol. The molecule has 3 saturated heterocycles. The van der Waals surface area contributed by atoms with Crippen molar-refractivity contribution in [3.63, 3.8) is 0 Å². The van der Waals surface area contributed by atoms with E-state index in [0.29, 0.717) is 35.0 Å². The van der Waals surface area contributed by atoms with Gasteiger partial charge in [-0.2, -0.15) is 0 Å². The van der Waals surface area contributed by atoms with Crippen LogP contribution in [0.2, 0.25) is 0 Å². The molecule has 148 valence electrons. The molecule has 2 bridgehead atoms. The van der Waals surface area contributed by atoms with Gasteiger partial charge in [0.05, 0.1) is 12.1 Å². The second-order valence-electron chi connectivity index (χ2n) is 7.44. The molecule has 1 aromatic carbocycles. The Bertz CT molecular complexity index is 781. The Hall–Kier alpha value is -1.63. The van der Waals surface area contributed by atoms with Crippen LogP contribution in [0.15, 0.2) is 22.6 Å². The zero-order valence-corrected chi connectivity index (χ0v) is 16.9. The molecule has 4 heterocycles. The predicted molar refractivity (Wildman–Crippen MR) is 108 cm³/mol. The third-order valence-corrected chi connectivity index (χ3v) is 5.93. The molecule has 0 saturated carbocycles. The highest BCUT2D eigenvalue weighted by molar-refractivity contribution is 6.04. The van der Waals surface area contributed by atoms with Crippen LogP contribution < -0.4 is 5.32 Å². The van der Waals surface area contributed by atoms with Crippen LogP contribution in [0.1, 0.15) is 42.9 Å². The summed E-state index contributed by atoms with van der Waals surface area (Å²) in [4.78, 5) is 22.3. The van der Waals surface area contributed by atoms with Crippen molar-refractivity contribution in [1.82, 2.24) is 20.1 Å². The summed E-state index contributed by atoms with van der Waals surface area (Å²) in [6, 6.07) is 5.87. The SMILES string of the molecule is CCN(CC)Cc1nc2c(C(=O)NC3CN4CCC3CC4)cccc2o1.Cl. The predicted octanol–water partition coefficient (Wildman–Crippen LogP) is 2.92. The van der Waals surface area contributed by atoms with Crippen LogP contribution in [0.3, 0.4) is 0 Å². The van der Waals surface area contributed by atoms with Crippen LogP contribution in [0.5, 0.6) is 0 Å². The van der Waals surface area contributed by atoms with Crippen molar-refractivity contribution in [1.29, 1.82) is 0 Å². The lowest BCUT2D eigenvalue weighted by atomic mass is 9.84. The molecule has 0 spiro atoms.